The number of amides is 6. The van der Waals surface area contributed by atoms with Gasteiger partial charge >= 0.3 is 5.97 Å². The number of carbonyl (C=O) groups excluding carboxylic acids is 6. The second kappa shape index (κ2) is 19.5. The van der Waals surface area contributed by atoms with Gasteiger partial charge in [-0.1, -0.05) is 55.4 Å². The van der Waals surface area contributed by atoms with E-state index in [-0.39, 0.29) is 36.5 Å². The molecule has 44 heavy (non-hydrogen) atoms. The summed E-state index contributed by atoms with van der Waals surface area (Å²) in [5.74, 6) is -5.91. The lowest BCUT2D eigenvalue weighted by molar-refractivity contribution is -0.143. The number of aliphatic hydroxyl groups excluding tert-OH is 1. The Labute approximate surface area is 259 Å². The van der Waals surface area contributed by atoms with Crippen LogP contribution in [-0.4, -0.2) is 95.0 Å². The average molecular weight is 629 g/mol. The summed E-state index contributed by atoms with van der Waals surface area (Å²) in [6.07, 6.45) is 0.357. The number of aliphatic hydroxyl groups is 1. The van der Waals surface area contributed by atoms with Gasteiger partial charge in [0.15, 0.2) is 0 Å². The predicted molar refractivity (Wildman–Crippen MR) is 162 cm³/mol. The van der Waals surface area contributed by atoms with E-state index in [1.54, 1.807) is 41.5 Å². The van der Waals surface area contributed by atoms with Gasteiger partial charge in [-0.25, -0.2) is 4.79 Å². The molecule has 0 aromatic rings. The van der Waals surface area contributed by atoms with Gasteiger partial charge in [-0.2, -0.15) is 0 Å². The molecular formula is C29H52N6O9. The lowest BCUT2D eigenvalue weighted by Crippen LogP contribution is -2.58. The first-order valence-corrected chi connectivity index (χ1v) is 14.9. The van der Waals surface area contributed by atoms with Gasteiger partial charge in [-0.3, -0.25) is 28.8 Å². The summed E-state index contributed by atoms with van der Waals surface area (Å²) in [4.78, 5) is 87.3. The Morgan fingerprint density at radius 1 is 0.568 bits per heavy atom. The van der Waals surface area contributed by atoms with Crippen LogP contribution in [0.25, 0.3) is 0 Å². The summed E-state index contributed by atoms with van der Waals surface area (Å²) in [6.45, 7) is 14.1. The Kier molecular flexibility index (Phi) is 17.8. The Morgan fingerprint density at radius 3 is 1.39 bits per heavy atom. The highest BCUT2D eigenvalue weighted by atomic mass is 16.4. The van der Waals surface area contributed by atoms with Gasteiger partial charge in [0, 0.05) is 6.92 Å². The van der Waals surface area contributed by atoms with Crippen LogP contribution in [0, 0.1) is 23.7 Å². The monoisotopic (exact) mass is 628 g/mol. The molecule has 15 heteroatoms. The second-order valence-corrected chi connectivity index (χ2v) is 12.4. The van der Waals surface area contributed by atoms with Crippen LogP contribution >= 0.6 is 0 Å². The number of carboxylic acids is 1. The minimum Gasteiger partial charge on any atom is -0.480 e. The summed E-state index contributed by atoms with van der Waals surface area (Å²) in [7, 11) is 0. The first-order chi connectivity index (χ1) is 20.3. The normalized spacial score (nSPS) is 14.7. The first kappa shape index (κ1) is 40.2. The van der Waals surface area contributed by atoms with Crippen LogP contribution in [0.15, 0.2) is 0 Å². The molecule has 0 aromatic carbocycles. The molecule has 0 aliphatic rings. The Morgan fingerprint density at radius 2 is 1.00 bits per heavy atom. The third kappa shape index (κ3) is 15.1. The number of aliphatic carboxylic acids is 1. The molecule has 0 aliphatic heterocycles. The number of hydrogen-bond donors (Lipinski definition) is 8. The molecule has 0 saturated carbocycles. The maximum atomic E-state index is 13.2. The molecule has 0 heterocycles. The molecule has 0 unspecified atom stereocenters. The van der Waals surface area contributed by atoms with Crippen molar-refractivity contribution in [3.63, 3.8) is 0 Å². The zero-order valence-electron chi connectivity index (χ0n) is 27.3. The topological polar surface area (TPSA) is 232 Å². The number of carboxylic acid groups (broad SMARTS) is 1. The van der Waals surface area contributed by atoms with Crippen LogP contribution in [0.2, 0.25) is 0 Å². The Bertz CT molecular complexity index is 1020. The maximum Gasteiger partial charge on any atom is 0.328 e. The molecule has 0 saturated heterocycles. The van der Waals surface area contributed by atoms with E-state index in [0.29, 0.717) is 0 Å². The molecule has 0 aromatic heterocycles. The van der Waals surface area contributed by atoms with Crippen molar-refractivity contribution < 1.29 is 43.8 Å². The van der Waals surface area contributed by atoms with Crippen molar-refractivity contribution in [2.24, 2.45) is 23.7 Å². The van der Waals surface area contributed by atoms with Crippen molar-refractivity contribution in [1.29, 1.82) is 0 Å². The summed E-state index contributed by atoms with van der Waals surface area (Å²) in [5, 5.41) is 33.4. The molecule has 0 radical (unpaired) electrons. The van der Waals surface area contributed by atoms with Gasteiger partial charge in [0.2, 0.25) is 35.4 Å². The lowest BCUT2D eigenvalue weighted by atomic mass is 9.99. The van der Waals surface area contributed by atoms with Gasteiger partial charge < -0.3 is 42.1 Å². The average Bonchev–Trinajstić information content (AvgIpc) is 2.89. The fourth-order valence-electron chi connectivity index (χ4n) is 4.19. The van der Waals surface area contributed by atoms with E-state index in [4.69, 9.17) is 5.11 Å². The smallest absolute Gasteiger partial charge is 0.328 e. The standard InChI is InChI=1S/C29H52N6O9/c1-14(2)10-19(25(39)33-20(11-15(3)4)26(40)34-21(13-36)29(43)44)32-22(38)12-30-27(41)23(16(5)6)35-28(42)24(17(7)8)31-18(9)37/h14-17,19-21,23-24,36H,10-13H2,1-9H3,(H,30,41)(H,31,37)(H,32,38)(H,33,39)(H,34,40)(H,35,42)(H,43,44)/t19-,20-,21-,23-,24-/m0/s1. The Hall–Kier alpha value is -3.75. The molecule has 15 nitrogen and oxygen atoms in total. The summed E-state index contributed by atoms with van der Waals surface area (Å²) in [6, 6.07) is -5.64. The van der Waals surface area contributed by atoms with Gasteiger partial charge in [0.05, 0.1) is 13.2 Å². The number of nitrogens with one attached hydrogen (secondary N) is 6. The van der Waals surface area contributed by atoms with Crippen LogP contribution in [0.4, 0.5) is 0 Å². The molecule has 5 atom stereocenters. The van der Waals surface area contributed by atoms with Crippen LogP contribution in [-0.2, 0) is 33.6 Å². The summed E-state index contributed by atoms with van der Waals surface area (Å²) < 4.78 is 0. The van der Waals surface area contributed by atoms with Crippen LogP contribution in [0.3, 0.4) is 0 Å². The van der Waals surface area contributed by atoms with Crippen molar-refractivity contribution in [3.05, 3.63) is 0 Å². The van der Waals surface area contributed by atoms with Crippen molar-refractivity contribution in [3.8, 4) is 0 Å². The van der Waals surface area contributed by atoms with Gasteiger partial charge in [0.1, 0.15) is 30.2 Å². The molecule has 0 fully saturated rings. The van der Waals surface area contributed by atoms with E-state index in [1.807, 2.05) is 13.8 Å². The van der Waals surface area contributed by atoms with Crippen LogP contribution in [0.5, 0.6) is 0 Å². The third-order valence-corrected chi connectivity index (χ3v) is 6.47. The minimum absolute atomic E-state index is 0.0538. The molecule has 0 aliphatic carbocycles. The van der Waals surface area contributed by atoms with E-state index < -0.39 is 84.8 Å². The lowest BCUT2D eigenvalue weighted by Gasteiger charge is -2.27. The van der Waals surface area contributed by atoms with Gasteiger partial charge in [-0.05, 0) is 36.5 Å². The van der Waals surface area contributed by atoms with Gasteiger partial charge in [-0.15, -0.1) is 0 Å². The van der Waals surface area contributed by atoms with Crippen LogP contribution < -0.4 is 31.9 Å². The van der Waals surface area contributed by atoms with E-state index >= 15 is 0 Å². The third-order valence-electron chi connectivity index (χ3n) is 6.47. The summed E-state index contributed by atoms with van der Waals surface area (Å²) >= 11 is 0. The molecule has 0 bridgehead atoms. The van der Waals surface area contributed by atoms with Crippen molar-refractivity contribution >= 4 is 41.4 Å². The van der Waals surface area contributed by atoms with Crippen LogP contribution in [0.1, 0.15) is 75.2 Å². The second-order valence-electron chi connectivity index (χ2n) is 12.4. The van der Waals surface area contributed by atoms with Crippen molar-refractivity contribution in [2.75, 3.05) is 13.2 Å². The number of carbonyl (C=O) groups is 7. The minimum atomic E-state index is -1.55. The molecule has 252 valence electrons. The van der Waals surface area contributed by atoms with E-state index in [2.05, 4.69) is 31.9 Å². The Balaban J connectivity index is 5.55. The number of hydrogen-bond acceptors (Lipinski definition) is 8. The van der Waals surface area contributed by atoms with E-state index in [1.165, 1.54) is 6.92 Å². The highest BCUT2D eigenvalue weighted by Crippen LogP contribution is 2.10. The zero-order chi connectivity index (χ0) is 34.3. The highest BCUT2D eigenvalue weighted by Gasteiger charge is 2.32. The largest absolute Gasteiger partial charge is 0.480 e. The van der Waals surface area contributed by atoms with Gasteiger partial charge in [0.25, 0.3) is 0 Å². The highest BCUT2D eigenvalue weighted by molar-refractivity contribution is 5.95. The zero-order valence-corrected chi connectivity index (χ0v) is 27.3. The fourth-order valence-corrected chi connectivity index (χ4v) is 4.19. The predicted octanol–water partition coefficient (Wildman–Crippen LogP) is -0.972. The molecule has 6 amide bonds. The molecule has 0 spiro atoms. The molecule has 0 rings (SSSR count). The van der Waals surface area contributed by atoms with Crippen molar-refractivity contribution in [1.82, 2.24) is 31.9 Å². The maximum absolute atomic E-state index is 13.2. The first-order valence-electron chi connectivity index (χ1n) is 14.9. The fraction of sp³-hybridized carbons (Fsp3) is 0.759. The summed E-state index contributed by atoms with van der Waals surface area (Å²) in [5.41, 5.74) is 0. The number of rotatable bonds is 19. The van der Waals surface area contributed by atoms with E-state index in [9.17, 15) is 38.7 Å². The SMILES string of the molecule is CC(=O)N[C@H](C(=O)N[C@H](C(=O)NCC(=O)N[C@@H](CC(C)C)C(=O)N[C@@H](CC(C)C)C(=O)N[C@@H](CO)C(=O)O)C(C)C)C(C)C. The molecule has 8 N–H and O–H groups in total. The quantitative estimate of drug-likeness (QED) is 0.0878. The van der Waals surface area contributed by atoms with Crippen molar-refractivity contribution in [2.45, 2.75) is 105 Å². The molecular weight excluding hydrogens is 576 g/mol. The van der Waals surface area contributed by atoms with E-state index in [0.717, 1.165) is 0 Å².